The number of hydrogen-bond donors (Lipinski definition) is 1. The van der Waals surface area contributed by atoms with Crippen molar-refractivity contribution in [1.29, 1.82) is 0 Å². The molecule has 5 nitrogen and oxygen atoms in total. The van der Waals surface area contributed by atoms with E-state index in [4.69, 9.17) is 4.42 Å². The quantitative estimate of drug-likeness (QED) is 0.262. The third-order valence-electron chi connectivity index (χ3n) is 4.15. The summed E-state index contributed by atoms with van der Waals surface area (Å²) in [6.07, 6.45) is 1.52. The number of benzene rings is 2. The maximum atomic E-state index is 12.1. The average Bonchev–Trinajstić information content (AvgIpc) is 3.12. The summed E-state index contributed by atoms with van der Waals surface area (Å²) in [6, 6.07) is 18.1. The van der Waals surface area contributed by atoms with E-state index in [1.807, 2.05) is 54.2 Å². The molecule has 0 bridgehead atoms. The van der Waals surface area contributed by atoms with Crippen LogP contribution in [0.1, 0.15) is 5.56 Å². The van der Waals surface area contributed by atoms with Crippen LogP contribution in [0, 0.1) is 0 Å². The van der Waals surface area contributed by atoms with Crippen molar-refractivity contribution < 1.29 is 9.21 Å². The van der Waals surface area contributed by atoms with Crippen LogP contribution in [0.3, 0.4) is 0 Å². The van der Waals surface area contributed by atoms with Crippen LogP contribution >= 0.6 is 23.5 Å². The fraction of sp³-hybridized carbons (Fsp3) is 0.190. The Kier molecular flexibility index (Phi) is 6.14. The predicted octanol–water partition coefficient (Wildman–Crippen LogP) is 4.52. The second-order valence-electron chi connectivity index (χ2n) is 6.13. The van der Waals surface area contributed by atoms with Crippen LogP contribution in [0.2, 0.25) is 0 Å². The summed E-state index contributed by atoms with van der Waals surface area (Å²) in [5.41, 5.74) is 3.50. The zero-order valence-electron chi connectivity index (χ0n) is 15.1. The minimum atomic E-state index is -0.00631. The lowest BCUT2D eigenvalue weighted by Gasteiger charge is -2.05. The molecule has 0 unspecified atom stereocenters. The third-order valence-corrected chi connectivity index (χ3v) is 6.15. The number of thioether (sulfide) groups is 2. The van der Waals surface area contributed by atoms with Gasteiger partial charge in [0.1, 0.15) is 22.5 Å². The monoisotopic (exact) mass is 409 g/mol. The maximum Gasteiger partial charge on any atom is 0.230 e. The van der Waals surface area contributed by atoms with E-state index in [1.54, 1.807) is 0 Å². The van der Waals surface area contributed by atoms with Crippen molar-refractivity contribution in [2.24, 2.45) is 0 Å². The molecule has 0 aliphatic heterocycles. The van der Waals surface area contributed by atoms with Crippen molar-refractivity contribution in [1.82, 2.24) is 15.3 Å². The van der Waals surface area contributed by atoms with Gasteiger partial charge in [0.25, 0.3) is 0 Å². The Hall–Kier alpha value is -2.51. The largest absolute Gasteiger partial charge is 0.451 e. The summed E-state index contributed by atoms with van der Waals surface area (Å²) in [5, 5.41) is 4.61. The molecule has 4 rings (SSSR count). The van der Waals surface area contributed by atoms with Gasteiger partial charge < -0.3 is 9.73 Å². The topological polar surface area (TPSA) is 68.0 Å². The number of carbonyl (C=O) groups is 1. The summed E-state index contributed by atoms with van der Waals surface area (Å²) in [4.78, 5) is 20.8. The number of aromatic nitrogens is 2. The molecule has 2 aromatic heterocycles. The molecule has 142 valence electrons. The van der Waals surface area contributed by atoms with E-state index in [0.29, 0.717) is 22.9 Å². The number of para-hydroxylation sites is 1. The van der Waals surface area contributed by atoms with Gasteiger partial charge in [-0.15, -0.1) is 0 Å². The number of nitrogens with zero attached hydrogens (tertiary/aromatic N) is 2. The Labute approximate surface area is 171 Å². The number of furan rings is 1. The Morgan fingerprint density at radius 2 is 1.86 bits per heavy atom. The number of rotatable bonds is 8. The molecule has 28 heavy (non-hydrogen) atoms. The van der Waals surface area contributed by atoms with Gasteiger partial charge in [0.15, 0.2) is 5.58 Å². The molecule has 0 fully saturated rings. The Morgan fingerprint density at radius 1 is 1.04 bits per heavy atom. The number of hydrogen-bond acceptors (Lipinski definition) is 6. The van der Waals surface area contributed by atoms with Crippen LogP contribution in [0.5, 0.6) is 0 Å². The molecule has 0 aliphatic carbocycles. The highest BCUT2D eigenvalue weighted by Crippen LogP contribution is 2.32. The van der Waals surface area contributed by atoms with Crippen molar-refractivity contribution in [3.05, 3.63) is 66.5 Å². The fourth-order valence-electron chi connectivity index (χ4n) is 2.82. The van der Waals surface area contributed by atoms with E-state index < -0.39 is 0 Å². The molecule has 7 heteroatoms. The standard InChI is InChI=1S/C21H19N3O2S2/c25-18(22-10-11-27-12-15-6-2-1-3-7-15)13-28-21-20-19(23-14-24-21)16-8-4-5-9-17(16)26-20/h1-9,14H,10-13H2,(H,22,25). The lowest BCUT2D eigenvalue weighted by molar-refractivity contribution is -0.118. The summed E-state index contributed by atoms with van der Waals surface area (Å²) in [6.45, 7) is 0.653. The van der Waals surface area contributed by atoms with E-state index in [2.05, 4.69) is 27.4 Å². The summed E-state index contributed by atoms with van der Waals surface area (Å²) >= 11 is 3.18. The van der Waals surface area contributed by atoms with Crippen LogP contribution < -0.4 is 5.32 Å². The summed E-state index contributed by atoms with van der Waals surface area (Å²) in [5.74, 6) is 2.13. The lowest BCUT2D eigenvalue weighted by Crippen LogP contribution is -2.27. The summed E-state index contributed by atoms with van der Waals surface area (Å²) < 4.78 is 5.89. The van der Waals surface area contributed by atoms with Gasteiger partial charge in [-0.25, -0.2) is 9.97 Å². The third kappa shape index (κ3) is 4.48. The van der Waals surface area contributed by atoms with E-state index in [9.17, 15) is 4.79 Å². The highest BCUT2D eigenvalue weighted by molar-refractivity contribution is 8.00. The average molecular weight is 410 g/mol. The van der Waals surface area contributed by atoms with E-state index in [1.165, 1.54) is 23.7 Å². The highest BCUT2D eigenvalue weighted by atomic mass is 32.2. The zero-order chi connectivity index (χ0) is 19.2. The first-order valence-corrected chi connectivity index (χ1v) is 11.1. The van der Waals surface area contributed by atoms with Gasteiger partial charge >= 0.3 is 0 Å². The minimum Gasteiger partial charge on any atom is -0.451 e. The van der Waals surface area contributed by atoms with Gasteiger partial charge in [-0.1, -0.05) is 54.2 Å². The number of nitrogens with one attached hydrogen (secondary N) is 1. The van der Waals surface area contributed by atoms with Crippen LogP contribution in [-0.2, 0) is 10.5 Å². The molecule has 0 saturated carbocycles. The molecule has 1 N–H and O–H groups in total. The van der Waals surface area contributed by atoms with Crippen LogP contribution in [-0.4, -0.2) is 33.9 Å². The van der Waals surface area contributed by atoms with Gasteiger partial charge in [0.2, 0.25) is 5.91 Å². The summed E-state index contributed by atoms with van der Waals surface area (Å²) in [7, 11) is 0. The molecule has 2 heterocycles. The van der Waals surface area contributed by atoms with E-state index in [-0.39, 0.29) is 5.91 Å². The first-order chi connectivity index (χ1) is 13.8. The Morgan fingerprint density at radius 3 is 2.75 bits per heavy atom. The van der Waals surface area contributed by atoms with Gasteiger partial charge in [-0.2, -0.15) is 11.8 Å². The maximum absolute atomic E-state index is 12.1. The molecule has 1 amide bonds. The van der Waals surface area contributed by atoms with Crippen molar-refractivity contribution in [3.8, 4) is 0 Å². The van der Waals surface area contributed by atoms with Crippen molar-refractivity contribution in [2.45, 2.75) is 10.8 Å². The van der Waals surface area contributed by atoms with E-state index >= 15 is 0 Å². The van der Waals surface area contributed by atoms with Crippen LogP contribution in [0.25, 0.3) is 22.1 Å². The molecule has 4 aromatic rings. The SMILES string of the molecule is O=C(CSc1ncnc2c1oc1ccccc12)NCCSCc1ccccc1. The molecule has 0 radical (unpaired) electrons. The molecule has 0 atom stereocenters. The minimum absolute atomic E-state index is 0.00631. The second-order valence-corrected chi connectivity index (χ2v) is 8.20. The lowest BCUT2D eigenvalue weighted by atomic mass is 10.2. The molecular weight excluding hydrogens is 390 g/mol. The molecule has 0 spiro atoms. The van der Waals surface area contributed by atoms with Gasteiger partial charge in [-0.3, -0.25) is 4.79 Å². The molecule has 0 aliphatic rings. The first-order valence-electron chi connectivity index (χ1n) is 8.94. The normalized spacial score (nSPS) is 11.1. The number of amides is 1. The molecule has 0 saturated heterocycles. The zero-order valence-corrected chi connectivity index (χ0v) is 16.8. The van der Waals surface area contributed by atoms with Gasteiger partial charge in [0.05, 0.1) is 5.75 Å². The van der Waals surface area contributed by atoms with Crippen molar-refractivity contribution in [2.75, 3.05) is 18.1 Å². The van der Waals surface area contributed by atoms with Crippen LogP contribution in [0.15, 0.2) is 70.4 Å². The van der Waals surface area contributed by atoms with E-state index in [0.717, 1.165) is 28.0 Å². The predicted molar refractivity (Wildman–Crippen MR) is 116 cm³/mol. The number of carbonyl (C=O) groups excluding carboxylic acids is 1. The first kappa shape index (κ1) is 18.8. The molecular formula is C21H19N3O2S2. The Bertz CT molecular complexity index is 1080. The Balaban J connectivity index is 1.27. The second kappa shape index (κ2) is 9.12. The van der Waals surface area contributed by atoms with Crippen molar-refractivity contribution in [3.63, 3.8) is 0 Å². The van der Waals surface area contributed by atoms with Crippen LogP contribution in [0.4, 0.5) is 0 Å². The van der Waals surface area contributed by atoms with Crippen molar-refractivity contribution >= 4 is 51.5 Å². The smallest absolute Gasteiger partial charge is 0.230 e. The number of fused-ring (bicyclic) bond motifs is 3. The highest BCUT2D eigenvalue weighted by Gasteiger charge is 2.14. The molecule has 2 aromatic carbocycles. The fourth-order valence-corrected chi connectivity index (χ4v) is 4.40. The van der Waals surface area contributed by atoms with Gasteiger partial charge in [-0.05, 0) is 17.7 Å². The van der Waals surface area contributed by atoms with Gasteiger partial charge in [0, 0.05) is 23.4 Å².